The Hall–Kier alpha value is -1.82. The zero-order chi connectivity index (χ0) is 19.8. The second kappa shape index (κ2) is 7.90. The van der Waals surface area contributed by atoms with Crippen LogP contribution in [0.5, 0.6) is 0 Å². The van der Waals surface area contributed by atoms with E-state index in [-0.39, 0.29) is 11.9 Å². The number of thiocarbonyl (C=S) groups is 1. The number of halogens is 2. The van der Waals surface area contributed by atoms with Crippen molar-refractivity contribution in [3.8, 4) is 11.3 Å². The van der Waals surface area contributed by atoms with Gasteiger partial charge in [-0.3, -0.25) is 9.69 Å². The third-order valence-corrected chi connectivity index (χ3v) is 6.64. The Morgan fingerprint density at radius 2 is 1.89 bits per heavy atom. The molecular weight excluding hydrogens is 415 g/mol. The lowest BCUT2D eigenvalue weighted by Crippen LogP contribution is -2.41. The molecule has 146 valence electrons. The lowest BCUT2D eigenvalue weighted by atomic mass is 9.94. The Balaban J connectivity index is 1.62. The van der Waals surface area contributed by atoms with Crippen molar-refractivity contribution in [3.63, 3.8) is 0 Å². The molecule has 1 saturated heterocycles. The van der Waals surface area contributed by atoms with Gasteiger partial charge in [-0.15, -0.1) is 0 Å². The fourth-order valence-corrected chi connectivity index (χ4v) is 4.57. The molecule has 0 N–H and O–H groups in total. The molecule has 2 aromatic rings. The van der Waals surface area contributed by atoms with E-state index in [0.29, 0.717) is 37.9 Å². The quantitative estimate of drug-likeness (QED) is 0.439. The second-order valence-electron chi connectivity index (χ2n) is 7.14. The summed E-state index contributed by atoms with van der Waals surface area (Å²) in [5.74, 6) is 1.10. The van der Waals surface area contributed by atoms with Gasteiger partial charge in [-0.25, -0.2) is 0 Å². The zero-order valence-corrected chi connectivity index (χ0v) is 17.8. The lowest BCUT2D eigenvalue weighted by Gasteiger charge is -2.30. The zero-order valence-electron chi connectivity index (χ0n) is 15.5. The number of benzene rings is 1. The number of likely N-dealkylation sites (N-methyl/N-ethyl adjacent to an activating group) is 1. The van der Waals surface area contributed by atoms with Gasteiger partial charge in [0, 0.05) is 24.7 Å². The highest BCUT2D eigenvalue weighted by Crippen LogP contribution is 2.35. The molecule has 1 aromatic heterocycles. The van der Waals surface area contributed by atoms with E-state index in [0.717, 1.165) is 25.7 Å². The molecule has 0 spiro atoms. The van der Waals surface area contributed by atoms with Gasteiger partial charge in [0.05, 0.1) is 10.0 Å². The number of carbonyl (C=O) groups is 1. The summed E-state index contributed by atoms with van der Waals surface area (Å²) in [6.45, 7) is 0. The van der Waals surface area contributed by atoms with E-state index in [9.17, 15) is 4.79 Å². The van der Waals surface area contributed by atoms with Gasteiger partial charge in [0.15, 0.2) is 5.11 Å². The number of furan rings is 1. The lowest BCUT2D eigenvalue weighted by molar-refractivity contribution is -0.124. The number of amides is 1. The molecule has 1 amide bonds. The maximum atomic E-state index is 13.1. The molecule has 2 heterocycles. The largest absolute Gasteiger partial charge is 0.457 e. The summed E-state index contributed by atoms with van der Waals surface area (Å²) in [5.41, 5.74) is 1.23. The Kier molecular flexibility index (Phi) is 5.50. The fraction of sp³-hybridized carbons (Fsp3) is 0.333. The molecule has 28 heavy (non-hydrogen) atoms. The molecule has 2 fully saturated rings. The van der Waals surface area contributed by atoms with Crippen LogP contribution in [0.4, 0.5) is 0 Å². The topological polar surface area (TPSA) is 36.7 Å². The Bertz CT molecular complexity index is 963. The third kappa shape index (κ3) is 3.47. The Morgan fingerprint density at radius 1 is 1.14 bits per heavy atom. The Morgan fingerprint density at radius 3 is 2.64 bits per heavy atom. The maximum Gasteiger partial charge on any atom is 0.277 e. The normalized spacial score (nSPS) is 19.9. The molecule has 0 bridgehead atoms. The first-order chi connectivity index (χ1) is 13.5. The van der Waals surface area contributed by atoms with E-state index < -0.39 is 0 Å². The van der Waals surface area contributed by atoms with Gasteiger partial charge < -0.3 is 9.32 Å². The number of carbonyl (C=O) groups excluding carboxylic acids is 1. The van der Waals surface area contributed by atoms with Crippen LogP contribution in [0.15, 0.2) is 40.4 Å². The monoisotopic (exact) mass is 434 g/mol. The average Bonchev–Trinajstić information content (AvgIpc) is 3.24. The number of hydrogen-bond acceptors (Lipinski definition) is 3. The molecule has 0 radical (unpaired) electrons. The fourth-order valence-electron chi connectivity index (χ4n) is 3.84. The summed E-state index contributed by atoms with van der Waals surface area (Å²) in [4.78, 5) is 16.6. The molecular formula is C21H20Cl2N2O2S. The molecule has 1 aliphatic heterocycles. The van der Waals surface area contributed by atoms with E-state index in [4.69, 9.17) is 39.8 Å². The first-order valence-corrected chi connectivity index (χ1v) is 10.5. The maximum absolute atomic E-state index is 13.1. The SMILES string of the molecule is CN1C(=S)N(C2CCCCC2)C(=O)/C1=C/c1ccc(-c2cccc(Cl)c2Cl)o1. The van der Waals surface area contributed by atoms with Gasteiger partial charge in [-0.05, 0) is 49.3 Å². The number of hydrogen-bond donors (Lipinski definition) is 0. The van der Waals surface area contributed by atoms with Crippen molar-refractivity contribution in [2.24, 2.45) is 0 Å². The van der Waals surface area contributed by atoms with Crippen molar-refractivity contribution < 1.29 is 9.21 Å². The van der Waals surface area contributed by atoms with E-state index in [1.165, 1.54) is 6.42 Å². The van der Waals surface area contributed by atoms with Gasteiger partial charge in [-0.1, -0.05) is 48.5 Å². The minimum atomic E-state index is -0.0573. The van der Waals surface area contributed by atoms with Gasteiger partial charge in [0.25, 0.3) is 5.91 Å². The first-order valence-electron chi connectivity index (χ1n) is 9.34. The standard InChI is InChI=1S/C21H20Cl2N2O2S/c1-24-17(20(26)25(21(24)28)13-6-3-2-4-7-13)12-14-10-11-18(27-14)15-8-5-9-16(22)19(15)23/h5,8-13H,2-4,6-7H2,1H3/b17-12-. The average molecular weight is 435 g/mol. The molecule has 1 aromatic carbocycles. The van der Waals surface area contributed by atoms with Crippen molar-refractivity contribution >= 4 is 52.5 Å². The van der Waals surface area contributed by atoms with Gasteiger partial charge in [0.1, 0.15) is 17.2 Å². The molecule has 1 saturated carbocycles. The van der Waals surface area contributed by atoms with Crippen molar-refractivity contribution in [3.05, 3.63) is 51.8 Å². The smallest absolute Gasteiger partial charge is 0.277 e. The van der Waals surface area contributed by atoms with Gasteiger partial charge >= 0.3 is 0 Å². The summed E-state index contributed by atoms with van der Waals surface area (Å²) in [5, 5.41) is 1.47. The molecule has 0 atom stereocenters. The van der Waals surface area contributed by atoms with Crippen molar-refractivity contribution in [1.82, 2.24) is 9.80 Å². The molecule has 4 rings (SSSR count). The third-order valence-electron chi connectivity index (χ3n) is 5.35. The highest BCUT2D eigenvalue weighted by Gasteiger charge is 2.40. The van der Waals surface area contributed by atoms with Crippen molar-refractivity contribution in [2.75, 3.05) is 7.05 Å². The molecule has 4 nitrogen and oxygen atoms in total. The number of rotatable bonds is 3. The van der Waals surface area contributed by atoms with Crippen LogP contribution in [0.2, 0.25) is 10.0 Å². The van der Waals surface area contributed by atoms with Gasteiger partial charge in [-0.2, -0.15) is 0 Å². The van der Waals surface area contributed by atoms with E-state index in [2.05, 4.69) is 0 Å². The minimum absolute atomic E-state index is 0.0573. The molecule has 1 aliphatic carbocycles. The second-order valence-corrected chi connectivity index (χ2v) is 8.29. The van der Waals surface area contributed by atoms with Crippen LogP contribution in [0, 0.1) is 0 Å². The summed E-state index contributed by atoms with van der Waals surface area (Å²) in [6.07, 6.45) is 7.25. The van der Waals surface area contributed by atoms with Crippen LogP contribution in [0.3, 0.4) is 0 Å². The van der Waals surface area contributed by atoms with Gasteiger partial charge in [0.2, 0.25) is 0 Å². The molecule has 0 unspecified atom stereocenters. The summed E-state index contributed by atoms with van der Waals surface area (Å²) >= 11 is 17.9. The van der Waals surface area contributed by atoms with Crippen LogP contribution in [-0.2, 0) is 4.79 Å². The van der Waals surface area contributed by atoms with E-state index >= 15 is 0 Å². The van der Waals surface area contributed by atoms with Crippen molar-refractivity contribution in [2.45, 2.75) is 38.1 Å². The predicted octanol–water partition coefficient (Wildman–Crippen LogP) is 5.99. The highest BCUT2D eigenvalue weighted by atomic mass is 35.5. The minimum Gasteiger partial charge on any atom is -0.457 e. The summed E-state index contributed by atoms with van der Waals surface area (Å²) in [7, 11) is 1.83. The highest BCUT2D eigenvalue weighted by molar-refractivity contribution is 7.80. The van der Waals surface area contributed by atoms with Crippen LogP contribution < -0.4 is 0 Å². The predicted molar refractivity (Wildman–Crippen MR) is 116 cm³/mol. The van der Waals surface area contributed by atoms with Crippen LogP contribution in [-0.4, -0.2) is 33.9 Å². The van der Waals surface area contributed by atoms with E-state index in [1.54, 1.807) is 21.9 Å². The van der Waals surface area contributed by atoms with Crippen molar-refractivity contribution in [1.29, 1.82) is 0 Å². The molecule has 7 heteroatoms. The van der Waals surface area contributed by atoms with Crippen LogP contribution in [0.1, 0.15) is 37.9 Å². The first kappa shape index (κ1) is 19.5. The van der Waals surface area contributed by atoms with Crippen LogP contribution in [0.25, 0.3) is 17.4 Å². The van der Waals surface area contributed by atoms with E-state index in [1.807, 2.05) is 31.3 Å². The summed E-state index contributed by atoms with van der Waals surface area (Å²) in [6, 6.07) is 9.22. The number of nitrogens with zero attached hydrogens (tertiary/aromatic N) is 2. The summed E-state index contributed by atoms with van der Waals surface area (Å²) < 4.78 is 5.92. The Labute approximate surface area is 179 Å². The molecule has 2 aliphatic rings. The van der Waals surface area contributed by atoms with Crippen LogP contribution >= 0.6 is 35.4 Å².